The lowest BCUT2D eigenvalue weighted by Gasteiger charge is -2.53. The Balaban J connectivity index is 2.03. The van der Waals surface area contributed by atoms with Crippen LogP contribution in [0.15, 0.2) is 35.9 Å². The quantitative estimate of drug-likeness (QED) is 0.853. The number of benzene rings is 1. The molecule has 6 nitrogen and oxygen atoms in total. The second-order valence-electron chi connectivity index (χ2n) is 8.64. The molecule has 4 rings (SSSR count). The maximum Gasteiger partial charge on any atom is 0.285 e. The van der Waals surface area contributed by atoms with Crippen LogP contribution in [0, 0.1) is 29.6 Å². The average Bonchev–Trinajstić information content (AvgIpc) is 3.09. The summed E-state index contributed by atoms with van der Waals surface area (Å²) in [5, 5.41) is 9.53. The van der Waals surface area contributed by atoms with Gasteiger partial charge in [-0.1, -0.05) is 37.6 Å². The third kappa shape index (κ3) is 2.43. The van der Waals surface area contributed by atoms with E-state index in [1.807, 2.05) is 49.6 Å². The first kappa shape index (κ1) is 19.1. The number of aromatic nitrogens is 2. The Labute approximate surface area is 170 Å². The maximum absolute atomic E-state index is 12.7. The molecule has 29 heavy (non-hydrogen) atoms. The molecule has 0 saturated heterocycles. The number of fused-ring (bicyclic) bond motifs is 3. The molecule has 1 aromatic heterocycles. The smallest absolute Gasteiger partial charge is 0.285 e. The highest BCUT2D eigenvalue weighted by atomic mass is 16.1. The van der Waals surface area contributed by atoms with Crippen molar-refractivity contribution in [2.24, 2.45) is 17.1 Å². The van der Waals surface area contributed by atoms with Gasteiger partial charge in [-0.3, -0.25) is 14.2 Å². The fourth-order valence-corrected chi connectivity index (χ4v) is 5.01. The van der Waals surface area contributed by atoms with Gasteiger partial charge in [0.25, 0.3) is 5.91 Å². The lowest BCUT2D eigenvalue weighted by molar-refractivity contribution is -0.125. The third-order valence-corrected chi connectivity index (χ3v) is 7.21. The molecule has 2 aromatic rings. The van der Waals surface area contributed by atoms with Gasteiger partial charge in [-0.15, -0.1) is 0 Å². The predicted octanol–water partition coefficient (Wildman–Crippen LogP) is 3.16. The Morgan fingerprint density at radius 2 is 1.97 bits per heavy atom. The maximum atomic E-state index is 12.7. The number of primary amides is 1. The highest BCUT2D eigenvalue weighted by Crippen LogP contribution is 2.58. The van der Waals surface area contributed by atoms with Crippen LogP contribution in [0.4, 0.5) is 0 Å². The highest BCUT2D eigenvalue weighted by molar-refractivity contribution is 6.02. The van der Waals surface area contributed by atoms with E-state index < -0.39 is 16.7 Å². The number of allylic oxidation sites excluding steroid dienone is 2. The molecule has 0 bridgehead atoms. The summed E-state index contributed by atoms with van der Waals surface area (Å²) in [6.45, 7) is 7.99. The Bertz CT molecular complexity index is 1120. The summed E-state index contributed by atoms with van der Waals surface area (Å²) in [6, 6.07) is 9.92. The van der Waals surface area contributed by atoms with Crippen molar-refractivity contribution in [2.75, 3.05) is 0 Å². The lowest BCUT2D eigenvalue weighted by atomic mass is 9.49. The number of hydrogen-bond donors (Lipinski definition) is 1. The van der Waals surface area contributed by atoms with Gasteiger partial charge >= 0.3 is 0 Å². The summed E-state index contributed by atoms with van der Waals surface area (Å²) in [5.74, 6) is -0.860. The molecule has 1 heterocycles. The predicted molar refractivity (Wildman–Crippen MR) is 108 cm³/mol. The number of carbonyl (C=O) groups is 2. The molecule has 1 aromatic carbocycles. The van der Waals surface area contributed by atoms with E-state index in [4.69, 9.17) is 10.7 Å². The van der Waals surface area contributed by atoms with Gasteiger partial charge in [0.1, 0.15) is 6.07 Å². The molecule has 2 aliphatic carbocycles. The van der Waals surface area contributed by atoms with E-state index in [1.165, 1.54) is 0 Å². The van der Waals surface area contributed by atoms with Crippen LogP contribution in [0.2, 0.25) is 0 Å². The molecule has 0 aliphatic heterocycles. The first-order chi connectivity index (χ1) is 13.6. The summed E-state index contributed by atoms with van der Waals surface area (Å²) in [5.41, 5.74) is 8.39. The molecule has 0 radical (unpaired) electrons. The molecule has 148 valence electrons. The Kier molecular flexibility index (Phi) is 4.06. The summed E-state index contributed by atoms with van der Waals surface area (Å²) >= 11 is 0. The van der Waals surface area contributed by atoms with Crippen LogP contribution in [0.25, 0.3) is 5.69 Å². The largest absolute Gasteiger partial charge is 0.363 e. The van der Waals surface area contributed by atoms with Gasteiger partial charge in [-0.2, -0.15) is 5.26 Å². The molecule has 0 unspecified atom stereocenters. The molecule has 3 atom stereocenters. The summed E-state index contributed by atoms with van der Waals surface area (Å²) < 4.78 is 1.84. The number of nitrogens with zero attached hydrogens (tertiary/aromatic N) is 3. The van der Waals surface area contributed by atoms with Gasteiger partial charge in [0.05, 0.1) is 11.3 Å². The normalized spacial score (nSPS) is 28.2. The van der Waals surface area contributed by atoms with Gasteiger partial charge in [0.15, 0.2) is 5.78 Å². The minimum absolute atomic E-state index is 0.121. The molecular formula is C23H24N4O2. The molecule has 0 spiro atoms. The number of hydrogen-bond acceptors (Lipinski definition) is 4. The van der Waals surface area contributed by atoms with Gasteiger partial charge in [-0.05, 0) is 44.2 Å². The van der Waals surface area contributed by atoms with Crippen molar-refractivity contribution in [3.05, 3.63) is 58.7 Å². The van der Waals surface area contributed by atoms with E-state index >= 15 is 0 Å². The van der Waals surface area contributed by atoms with Crippen molar-refractivity contribution in [1.29, 1.82) is 5.26 Å². The van der Waals surface area contributed by atoms with Gasteiger partial charge in [0.2, 0.25) is 5.82 Å². The minimum atomic E-state index is -0.654. The topological polar surface area (TPSA) is 102 Å². The number of ketones is 1. The van der Waals surface area contributed by atoms with Crippen LogP contribution in [0.3, 0.4) is 0 Å². The van der Waals surface area contributed by atoms with Crippen molar-refractivity contribution in [3.63, 3.8) is 0 Å². The van der Waals surface area contributed by atoms with Crippen molar-refractivity contribution in [3.8, 4) is 11.8 Å². The van der Waals surface area contributed by atoms with E-state index in [-0.39, 0.29) is 23.1 Å². The van der Waals surface area contributed by atoms with Crippen LogP contribution in [-0.4, -0.2) is 21.2 Å². The zero-order valence-electron chi connectivity index (χ0n) is 17.1. The monoisotopic (exact) mass is 388 g/mol. The fraction of sp³-hybridized carbons (Fsp3) is 0.391. The number of aryl methyl sites for hydroxylation is 1. The number of nitrogens with two attached hydrogens (primary N) is 1. The van der Waals surface area contributed by atoms with Gasteiger partial charge in [-0.25, -0.2) is 4.98 Å². The van der Waals surface area contributed by atoms with E-state index in [0.717, 1.165) is 29.1 Å². The summed E-state index contributed by atoms with van der Waals surface area (Å²) in [4.78, 5) is 29.7. The molecule has 0 saturated carbocycles. The first-order valence-corrected chi connectivity index (χ1v) is 9.80. The number of rotatable bonds is 2. The second kappa shape index (κ2) is 6.15. The molecule has 1 amide bonds. The number of Topliss-reactive ketones (excluding diaryl/α,β-unsaturated/α-hetero) is 1. The number of amides is 1. The SMILES string of the molecule is Cc1ccc(-n2c(C(N)=O)nc3c2CC[C@@]2(C)[C@H](C)C(=O)C(C#N)=C[C@]32C)cc1. The second-order valence-corrected chi connectivity index (χ2v) is 8.64. The van der Waals surface area contributed by atoms with Crippen molar-refractivity contribution in [2.45, 2.75) is 46.0 Å². The third-order valence-electron chi connectivity index (χ3n) is 7.21. The summed E-state index contributed by atoms with van der Waals surface area (Å²) in [6.07, 6.45) is 3.17. The van der Waals surface area contributed by atoms with Crippen LogP contribution in [0.1, 0.15) is 54.8 Å². The van der Waals surface area contributed by atoms with E-state index in [1.54, 1.807) is 6.08 Å². The van der Waals surface area contributed by atoms with Crippen molar-refractivity contribution < 1.29 is 9.59 Å². The standard InChI is InChI=1S/C23H24N4O2/c1-13-5-7-16(8-6-13)27-17-9-10-22(3)14(2)18(28)15(12-24)11-23(22,4)19(17)26-21(27)20(25)29/h5-8,11,14H,9-10H2,1-4H3,(H2,25,29)/t14-,22+,23-/m1/s1. The van der Waals surface area contributed by atoms with Crippen molar-refractivity contribution >= 4 is 11.7 Å². The first-order valence-electron chi connectivity index (χ1n) is 9.80. The highest BCUT2D eigenvalue weighted by Gasteiger charge is 2.58. The van der Waals surface area contributed by atoms with E-state index in [9.17, 15) is 14.9 Å². The average molecular weight is 388 g/mol. The molecule has 2 N–H and O–H groups in total. The molecule has 0 fully saturated rings. The van der Waals surface area contributed by atoms with Crippen LogP contribution in [0.5, 0.6) is 0 Å². The number of nitriles is 1. The van der Waals surface area contributed by atoms with Crippen LogP contribution >= 0.6 is 0 Å². The number of carbonyl (C=O) groups excluding carboxylic acids is 2. The number of imidazole rings is 1. The zero-order valence-corrected chi connectivity index (χ0v) is 17.1. The van der Waals surface area contributed by atoms with Gasteiger partial charge in [0, 0.05) is 22.7 Å². The van der Waals surface area contributed by atoms with E-state index in [0.29, 0.717) is 6.42 Å². The molecule has 6 heteroatoms. The molecule has 2 aliphatic rings. The molecular weight excluding hydrogens is 364 g/mol. The van der Waals surface area contributed by atoms with Crippen LogP contribution in [-0.2, 0) is 16.6 Å². The fourth-order valence-electron chi connectivity index (χ4n) is 5.01. The van der Waals surface area contributed by atoms with Crippen molar-refractivity contribution in [1.82, 2.24) is 9.55 Å². The Morgan fingerprint density at radius 3 is 2.55 bits per heavy atom. The Hall–Kier alpha value is -3.20. The Morgan fingerprint density at radius 1 is 1.31 bits per heavy atom. The minimum Gasteiger partial charge on any atom is -0.363 e. The zero-order chi connectivity index (χ0) is 21.1. The lowest BCUT2D eigenvalue weighted by Crippen LogP contribution is -2.53. The van der Waals surface area contributed by atoms with E-state index in [2.05, 4.69) is 13.0 Å². The van der Waals surface area contributed by atoms with Gasteiger partial charge < -0.3 is 5.73 Å². The summed E-state index contributed by atoms with van der Waals surface area (Å²) in [7, 11) is 0. The van der Waals surface area contributed by atoms with Crippen LogP contribution < -0.4 is 5.73 Å².